The van der Waals surface area contributed by atoms with Crippen molar-refractivity contribution in [3.8, 4) is 0 Å². The summed E-state index contributed by atoms with van der Waals surface area (Å²) in [5, 5.41) is 2.62. The smallest absolute Gasteiger partial charge is 0.221 e. The molecule has 1 rings (SSSR count). The van der Waals surface area contributed by atoms with Gasteiger partial charge in [0.05, 0.1) is 0 Å². The van der Waals surface area contributed by atoms with Crippen molar-refractivity contribution < 1.29 is 4.79 Å². The van der Waals surface area contributed by atoms with Gasteiger partial charge < -0.3 is 11.1 Å². The van der Waals surface area contributed by atoms with Crippen molar-refractivity contribution >= 4 is 5.91 Å². The third kappa shape index (κ3) is 2.48. The monoisotopic (exact) mass is 170 g/mol. The van der Waals surface area contributed by atoms with Gasteiger partial charge >= 0.3 is 0 Å². The molecular formula is C9H18N2O. The summed E-state index contributed by atoms with van der Waals surface area (Å²) in [6.07, 6.45) is 6.11. The Kier molecular flexibility index (Phi) is 3.09. The van der Waals surface area contributed by atoms with Crippen LogP contribution in [-0.2, 0) is 4.79 Å². The van der Waals surface area contributed by atoms with Gasteiger partial charge in [0.1, 0.15) is 0 Å². The first-order chi connectivity index (χ1) is 5.66. The van der Waals surface area contributed by atoms with Crippen LogP contribution in [0.25, 0.3) is 0 Å². The van der Waals surface area contributed by atoms with E-state index in [1.165, 1.54) is 19.3 Å². The summed E-state index contributed by atoms with van der Waals surface area (Å²) in [6, 6.07) is 0. The third-order valence-corrected chi connectivity index (χ3v) is 2.64. The molecule has 0 bridgehead atoms. The maximum atomic E-state index is 11.1. The van der Waals surface area contributed by atoms with Gasteiger partial charge in [0.15, 0.2) is 0 Å². The van der Waals surface area contributed by atoms with E-state index in [-0.39, 0.29) is 11.4 Å². The molecule has 1 aliphatic rings. The van der Waals surface area contributed by atoms with Crippen LogP contribution < -0.4 is 11.1 Å². The molecule has 0 aromatic rings. The lowest BCUT2D eigenvalue weighted by molar-refractivity contribution is -0.122. The molecule has 70 valence electrons. The van der Waals surface area contributed by atoms with Crippen molar-refractivity contribution in [3.63, 3.8) is 0 Å². The summed E-state index contributed by atoms with van der Waals surface area (Å²) in [5.41, 5.74) is 5.86. The lowest BCUT2D eigenvalue weighted by Crippen LogP contribution is -2.45. The minimum Gasteiger partial charge on any atom is -0.359 e. The molecule has 0 radical (unpaired) electrons. The van der Waals surface area contributed by atoms with Crippen molar-refractivity contribution in [3.05, 3.63) is 0 Å². The Balaban J connectivity index is 2.41. The molecule has 0 spiro atoms. The standard InChI is InChI=1S/C9H18N2O/c1-11-8(12)7-9(10)5-3-2-4-6-9/h2-7,10H2,1H3,(H,11,12). The van der Waals surface area contributed by atoms with E-state index in [2.05, 4.69) is 5.32 Å². The van der Waals surface area contributed by atoms with E-state index < -0.39 is 0 Å². The Bertz CT molecular complexity index is 162. The Labute approximate surface area is 73.7 Å². The van der Waals surface area contributed by atoms with Crippen LogP contribution in [0, 0.1) is 0 Å². The van der Waals surface area contributed by atoms with Gasteiger partial charge in [0, 0.05) is 19.0 Å². The molecule has 0 aliphatic heterocycles. The SMILES string of the molecule is CNC(=O)CC1(N)CCCCC1. The highest BCUT2D eigenvalue weighted by molar-refractivity contribution is 5.76. The van der Waals surface area contributed by atoms with Crippen LogP contribution in [0.5, 0.6) is 0 Å². The molecule has 3 N–H and O–H groups in total. The van der Waals surface area contributed by atoms with Crippen molar-refractivity contribution in [2.75, 3.05) is 7.05 Å². The molecule has 3 heteroatoms. The lowest BCUT2D eigenvalue weighted by atomic mass is 9.80. The van der Waals surface area contributed by atoms with Crippen LogP contribution in [0.2, 0.25) is 0 Å². The van der Waals surface area contributed by atoms with Crippen LogP contribution >= 0.6 is 0 Å². The highest BCUT2D eigenvalue weighted by Crippen LogP contribution is 2.28. The average molecular weight is 170 g/mol. The first-order valence-corrected chi connectivity index (χ1v) is 4.66. The first-order valence-electron chi connectivity index (χ1n) is 4.66. The summed E-state index contributed by atoms with van der Waals surface area (Å²) in [7, 11) is 1.66. The molecule has 0 heterocycles. The van der Waals surface area contributed by atoms with Gasteiger partial charge in [-0.05, 0) is 12.8 Å². The van der Waals surface area contributed by atoms with E-state index in [9.17, 15) is 4.79 Å². The van der Waals surface area contributed by atoms with Gasteiger partial charge in [-0.25, -0.2) is 0 Å². The molecular weight excluding hydrogens is 152 g/mol. The zero-order chi connectivity index (χ0) is 9.03. The van der Waals surface area contributed by atoms with Gasteiger partial charge in [0.2, 0.25) is 5.91 Å². The number of nitrogens with one attached hydrogen (secondary N) is 1. The topological polar surface area (TPSA) is 55.1 Å². The zero-order valence-corrected chi connectivity index (χ0v) is 7.73. The molecule has 1 amide bonds. The Morgan fingerprint density at radius 1 is 1.42 bits per heavy atom. The number of carbonyl (C=O) groups is 1. The molecule has 1 fully saturated rings. The summed E-state index contributed by atoms with van der Waals surface area (Å²) >= 11 is 0. The van der Waals surface area contributed by atoms with E-state index in [1.54, 1.807) is 7.05 Å². The Hall–Kier alpha value is -0.570. The molecule has 0 saturated heterocycles. The van der Waals surface area contributed by atoms with E-state index in [4.69, 9.17) is 5.73 Å². The maximum Gasteiger partial charge on any atom is 0.221 e. The summed E-state index contributed by atoms with van der Waals surface area (Å²) in [4.78, 5) is 11.1. The number of carbonyl (C=O) groups excluding carboxylic acids is 1. The predicted octanol–water partition coefficient (Wildman–Crippen LogP) is 0.784. The van der Waals surface area contributed by atoms with Crippen molar-refractivity contribution in [1.82, 2.24) is 5.32 Å². The minimum absolute atomic E-state index is 0.0689. The predicted molar refractivity (Wildman–Crippen MR) is 48.7 cm³/mol. The maximum absolute atomic E-state index is 11.1. The summed E-state index contributed by atoms with van der Waals surface area (Å²) in [6.45, 7) is 0. The molecule has 1 aliphatic carbocycles. The molecule has 0 unspecified atom stereocenters. The Morgan fingerprint density at radius 2 is 2.00 bits per heavy atom. The van der Waals surface area contributed by atoms with Gasteiger partial charge in [-0.1, -0.05) is 19.3 Å². The van der Waals surface area contributed by atoms with Crippen LogP contribution in [-0.4, -0.2) is 18.5 Å². The minimum atomic E-state index is -0.210. The molecule has 3 nitrogen and oxygen atoms in total. The number of hydrogen-bond acceptors (Lipinski definition) is 2. The van der Waals surface area contributed by atoms with Crippen molar-refractivity contribution in [2.24, 2.45) is 5.73 Å². The molecule has 0 aromatic heterocycles. The summed E-state index contributed by atoms with van der Waals surface area (Å²) in [5.74, 6) is 0.0689. The normalized spacial score (nSPS) is 21.8. The van der Waals surface area contributed by atoms with E-state index >= 15 is 0 Å². The zero-order valence-electron chi connectivity index (χ0n) is 7.73. The van der Waals surface area contributed by atoms with E-state index in [1.807, 2.05) is 0 Å². The number of amides is 1. The fourth-order valence-corrected chi connectivity index (χ4v) is 1.84. The van der Waals surface area contributed by atoms with Crippen LogP contribution in [0.15, 0.2) is 0 Å². The number of nitrogens with two attached hydrogens (primary N) is 1. The van der Waals surface area contributed by atoms with Gasteiger partial charge in [-0.2, -0.15) is 0 Å². The van der Waals surface area contributed by atoms with Crippen LogP contribution in [0.3, 0.4) is 0 Å². The van der Waals surface area contributed by atoms with E-state index in [0.717, 1.165) is 12.8 Å². The van der Waals surface area contributed by atoms with Crippen molar-refractivity contribution in [1.29, 1.82) is 0 Å². The van der Waals surface area contributed by atoms with Gasteiger partial charge in [-0.3, -0.25) is 4.79 Å². The highest BCUT2D eigenvalue weighted by Gasteiger charge is 2.29. The first kappa shape index (κ1) is 9.52. The number of hydrogen-bond donors (Lipinski definition) is 2. The second-order valence-corrected chi connectivity index (χ2v) is 3.77. The molecule has 12 heavy (non-hydrogen) atoms. The molecule has 0 atom stereocenters. The fourth-order valence-electron chi connectivity index (χ4n) is 1.84. The van der Waals surface area contributed by atoms with E-state index in [0.29, 0.717) is 6.42 Å². The lowest BCUT2D eigenvalue weighted by Gasteiger charge is -2.32. The average Bonchev–Trinajstić information content (AvgIpc) is 2.05. The molecule has 0 aromatic carbocycles. The Morgan fingerprint density at radius 3 is 2.50 bits per heavy atom. The van der Waals surface area contributed by atoms with Gasteiger partial charge in [0.25, 0.3) is 0 Å². The van der Waals surface area contributed by atoms with Crippen LogP contribution in [0.1, 0.15) is 38.5 Å². The van der Waals surface area contributed by atoms with Crippen LogP contribution in [0.4, 0.5) is 0 Å². The third-order valence-electron chi connectivity index (χ3n) is 2.64. The highest BCUT2D eigenvalue weighted by atomic mass is 16.1. The number of rotatable bonds is 2. The largest absolute Gasteiger partial charge is 0.359 e. The fraction of sp³-hybridized carbons (Fsp3) is 0.889. The second-order valence-electron chi connectivity index (χ2n) is 3.77. The molecule has 1 saturated carbocycles. The van der Waals surface area contributed by atoms with Crippen molar-refractivity contribution in [2.45, 2.75) is 44.1 Å². The second kappa shape index (κ2) is 3.90. The quantitative estimate of drug-likeness (QED) is 0.643. The summed E-state index contributed by atoms with van der Waals surface area (Å²) < 4.78 is 0. The van der Waals surface area contributed by atoms with Gasteiger partial charge in [-0.15, -0.1) is 0 Å².